The molecule has 7 heteroatoms. The zero-order valence-corrected chi connectivity index (χ0v) is 11.9. The number of aromatic amines is 1. The average molecular weight is 281 g/mol. The van der Waals surface area contributed by atoms with Crippen molar-refractivity contribution in [3.63, 3.8) is 0 Å². The predicted molar refractivity (Wildman–Crippen MR) is 76.4 cm³/mol. The van der Waals surface area contributed by atoms with E-state index in [0.717, 1.165) is 31.6 Å². The van der Waals surface area contributed by atoms with Gasteiger partial charge >= 0.3 is 0 Å². The van der Waals surface area contributed by atoms with Gasteiger partial charge in [0, 0.05) is 32.7 Å². The van der Waals surface area contributed by atoms with Crippen molar-refractivity contribution < 1.29 is 9.90 Å². The van der Waals surface area contributed by atoms with Crippen molar-refractivity contribution in [3.05, 3.63) is 11.4 Å². The Labute approximate surface area is 118 Å². The molecule has 1 saturated heterocycles. The number of carbonyl (C=O) groups excluding carboxylic acids is 1. The number of nitrogens with one attached hydrogen (secondary N) is 1. The molecule has 20 heavy (non-hydrogen) atoms. The molecule has 1 aliphatic rings. The van der Waals surface area contributed by atoms with Crippen LogP contribution in [0.2, 0.25) is 0 Å². The van der Waals surface area contributed by atoms with E-state index in [4.69, 9.17) is 10.8 Å². The highest BCUT2D eigenvalue weighted by Crippen LogP contribution is 2.18. The molecule has 1 aromatic rings. The molecule has 7 nitrogen and oxygen atoms in total. The van der Waals surface area contributed by atoms with Gasteiger partial charge < -0.3 is 15.7 Å². The van der Waals surface area contributed by atoms with E-state index in [-0.39, 0.29) is 12.5 Å². The second kappa shape index (κ2) is 6.71. The van der Waals surface area contributed by atoms with Gasteiger partial charge in [0.25, 0.3) is 5.91 Å². The largest absolute Gasteiger partial charge is 0.395 e. The number of hydrogen-bond donors (Lipinski definition) is 3. The fourth-order valence-corrected chi connectivity index (χ4v) is 2.46. The Morgan fingerprint density at radius 3 is 2.70 bits per heavy atom. The van der Waals surface area contributed by atoms with Crippen molar-refractivity contribution in [1.29, 1.82) is 0 Å². The van der Waals surface area contributed by atoms with Gasteiger partial charge in [-0.25, -0.2) is 0 Å². The Morgan fingerprint density at radius 1 is 1.40 bits per heavy atom. The van der Waals surface area contributed by atoms with Crippen LogP contribution in [0.1, 0.15) is 29.5 Å². The molecule has 0 bridgehead atoms. The van der Waals surface area contributed by atoms with Crippen LogP contribution in [0.3, 0.4) is 0 Å². The van der Waals surface area contributed by atoms with Crippen LogP contribution in [0.25, 0.3) is 0 Å². The van der Waals surface area contributed by atoms with E-state index in [1.54, 1.807) is 4.90 Å². The molecule has 0 atom stereocenters. The molecule has 1 fully saturated rings. The second-order valence-corrected chi connectivity index (χ2v) is 5.07. The first-order chi connectivity index (χ1) is 9.67. The lowest BCUT2D eigenvalue weighted by molar-refractivity contribution is 0.0610. The van der Waals surface area contributed by atoms with Gasteiger partial charge in [0.1, 0.15) is 0 Å². The van der Waals surface area contributed by atoms with E-state index in [0.29, 0.717) is 31.0 Å². The summed E-state index contributed by atoms with van der Waals surface area (Å²) in [6.45, 7) is 5.72. The molecule has 0 spiro atoms. The number of nitrogens with two attached hydrogens (primary N) is 1. The number of aromatic nitrogens is 2. The number of carbonyl (C=O) groups is 1. The average Bonchev–Trinajstić information content (AvgIpc) is 2.81. The summed E-state index contributed by atoms with van der Waals surface area (Å²) in [4.78, 5) is 16.3. The molecule has 4 N–H and O–H groups in total. The summed E-state index contributed by atoms with van der Waals surface area (Å²) in [5.74, 6) is -0.107. The van der Waals surface area contributed by atoms with Gasteiger partial charge in [-0.15, -0.1) is 0 Å². The normalized spacial score (nSPS) is 16.6. The Morgan fingerprint density at radius 2 is 2.10 bits per heavy atom. The Hall–Kier alpha value is -1.60. The van der Waals surface area contributed by atoms with Crippen LogP contribution < -0.4 is 5.73 Å². The molecule has 0 aromatic carbocycles. The SMILES string of the molecule is CCCc1[nH]nc(C(=O)N2CCN(CCO)CC2)c1N. The van der Waals surface area contributed by atoms with Crippen molar-refractivity contribution >= 4 is 11.6 Å². The molecule has 0 aliphatic carbocycles. The lowest BCUT2D eigenvalue weighted by atomic mass is 10.2. The minimum Gasteiger partial charge on any atom is -0.395 e. The van der Waals surface area contributed by atoms with Crippen LogP contribution in [0.5, 0.6) is 0 Å². The first kappa shape index (κ1) is 14.8. The molecule has 0 unspecified atom stereocenters. The number of nitrogen functional groups attached to an aromatic ring is 1. The Bertz CT molecular complexity index is 452. The topological polar surface area (TPSA) is 98.5 Å². The van der Waals surface area contributed by atoms with Crippen molar-refractivity contribution in [2.75, 3.05) is 45.1 Å². The molecular weight excluding hydrogens is 258 g/mol. The number of aryl methyl sites for hydroxylation is 1. The molecule has 1 aromatic heterocycles. The van der Waals surface area contributed by atoms with Crippen LogP contribution in [-0.2, 0) is 6.42 Å². The third-order valence-corrected chi connectivity index (χ3v) is 3.66. The number of aliphatic hydroxyl groups excluding tert-OH is 1. The fourth-order valence-electron chi connectivity index (χ4n) is 2.46. The number of amides is 1. The van der Waals surface area contributed by atoms with Gasteiger partial charge in [-0.2, -0.15) is 5.10 Å². The van der Waals surface area contributed by atoms with E-state index in [1.807, 2.05) is 0 Å². The first-order valence-corrected chi connectivity index (χ1v) is 7.12. The molecule has 1 aliphatic heterocycles. The van der Waals surface area contributed by atoms with Gasteiger partial charge in [-0.3, -0.25) is 14.8 Å². The van der Waals surface area contributed by atoms with Gasteiger partial charge in [0.15, 0.2) is 5.69 Å². The Kier molecular flexibility index (Phi) is 4.97. The number of β-amino-alcohol motifs (C(OH)–C–C–N with tert-alkyl or cyclic N) is 1. The number of piperazine rings is 1. The van der Waals surface area contributed by atoms with E-state index < -0.39 is 0 Å². The lowest BCUT2D eigenvalue weighted by Gasteiger charge is -2.34. The number of anilines is 1. The summed E-state index contributed by atoms with van der Waals surface area (Å²) in [5, 5.41) is 15.8. The maximum atomic E-state index is 12.4. The van der Waals surface area contributed by atoms with E-state index in [1.165, 1.54) is 0 Å². The third kappa shape index (κ3) is 3.10. The smallest absolute Gasteiger partial charge is 0.276 e. The van der Waals surface area contributed by atoms with Gasteiger partial charge in [0.2, 0.25) is 0 Å². The summed E-state index contributed by atoms with van der Waals surface area (Å²) >= 11 is 0. The van der Waals surface area contributed by atoms with Crippen LogP contribution >= 0.6 is 0 Å². The van der Waals surface area contributed by atoms with Gasteiger partial charge in [-0.05, 0) is 6.42 Å². The third-order valence-electron chi connectivity index (χ3n) is 3.66. The van der Waals surface area contributed by atoms with Crippen LogP contribution in [0, 0.1) is 0 Å². The van der Waals surface area contributed by atoms with Crippen LogP contribution in [0.15, 0.2) is 0 Å². The number of aliphatic hydroxyl groups is 1. The minimum absolute atomic E-state index is 0.107. The number of H-pyrrole nitrogens is 1. The molecular formula is C13H23N5O2. The van der Waals surface area contributed by atoms with Gasteiger partial charge in [0.05, 0.1) is 18.0 Å². The highest BCUT2D eigenvalue weighted by Gasteiger charge is 2.25. The van der Waals surface area contributed by atoms with E-state index in [2.05, 4.69) is 22.0 Å². The van der Waals surface area contributed by atoms with Crippen molar-refractivity contribution in [2.24, 2.45) is 0 Å². The minimum atomic E-state index is -0.107. The molecule has 2 rings (SSSR count). The number of hydrogen-bond acceptors (Lipinski definition) is 5. The molecule has 0 radical (unpaired) electrons. The highest BCUT2D eigenvalue weighted by atomic mass is 16.3. The van der Waals surface area contributed by atoms with Crippen molar-refractivity contribution in [1.82, 2.24) is 20.0 Å². The summed E-state index contributed by atoms with van der Waals surface area (Å²) in [5.41, 5.74) is 7.65. The lowest BCUT2D eigenvalue weighted by Crippen LogP contribution is -2.49. The summed E-state index contributed by atoms with van der Waals surface area (Å²) in [6, 6.07) is 0. The maximum Gasteiger partial charge on any atom is 0.276 e. The maximum absolute atomic E-state index is 12.4. The fraction of sp³-hybridized carbons (Fsp3) is 0.692. The Balaban J connectivity index is 1.98. The molecule has 2 heterocycles. The van der Waals surface area contributed by atoms with E-state index >= 15 is 0 Å². The second-order valence-electron chi connectivity index (χ2n) is 5.07. The van der Waals surface area contributed by atoms with Gasteiger partial charge in [-0.1, -0.05) is 13.3 Å². The highest BCUT2D eigenvalue weighted by molar-refractivity contribution is 5.97. The zero-order chi connectivity index (χ0) is 14.5. The van der Waals surface area contributed by atoms with Crippen molar-refractivity contribution in [2.45, 2.75) is 19.8 Å². The van der Waals surface area contributed by atoms with Crippen molar-refractivity contribution in [3.8, 4) is 0 Å². The monoisotopic (exact) mass is 281 g/mol. The molecule has 112 valence electrons. The zero-order valence-electron chi connectivity index (χ0n) is 11.9. The quantitative estimate of drug-likeness (QED) is 0.688. The summed E-state index contributed by atoms with van der Waals surface area (Å²) in [6.07, 6.45) is 1.76. The number of nitrogens with zero attached hydrogens (tertiary/aromatic N) is 3. The predicted octanol–water partition coefficient (Wildman–Crippen LogP) is -0.305. The van der Waals surface area contributed by atoms with Crippen LogP contribution in [0.4, 0.5) is 5.69 Å². The standard InChI is InChI=1S/C13H23N5O2/c1-2-3-10-11(14)12(16-15-10)13(20)18-6-4-17(5-7-18)8-9-19/h19H,2-9,14H2,1H3,(H,15,16). The van der Waals surface area contributed by atoms with Crippen LogP contribution in [-0.4, -0.2) is 70.3 Å². The summed E-state index contributed by atoms with van der Waals surface area (Å²) in [7, 11) is 0. The first-order valence-electron chi connectivity index (χ1n) is 7.12. The summed E-state index contributed by atoms with van der Waals surface area (Å²) < 4.78 is 0. The molecule has 1 amide bonds. The number of rotatable bonds is 5. The molecule has 0 saturated carbocycles. The van der Waals surface area contributed by atoms with E-state index in [9.17, 15) is 4.79 Å².